The number of aliphatic carboxylic acids is 1. The van der Waals surface area contributed by atoms with Crippen molar-refractivity contribution in [3.63, 3.8) is 0 Å². The minimum Gasteiger partial charge on any atom is -0.491 e. The summed E-state index contributed by atoms with van der Waals surface area (Å²) in [6, 6.07) is 12.0. The maximum Gasteiger partial charge on any atom is 0.408 e. The lowest BCUT2D eigenvalue weighted by molar-refractivity contribution is -0.145. The number of fused-ring (bicyclic) bond motifs is 1. The van der Waals surface area contributed by atoms with E-state index in [1.165, 1.54) is 12.3 Å². The smallest absolute Gasteiger partial charge is 0.408 e. The van der Waals surface area contributed by atoms with Crippen LogP contribution in [0.15, 0.2) is 54.9 Å². The summed E-state index contributed by atoms with van der Waals surface area (Å²) in [6.45, 7) is 8.60. The first-order chi connectivity index (χ1) is 27.9. The van der Waals surface area contributed by atoms with Crippen LogP contribution in [0.5, 0.6) is 17.4 Å². The van der Waals surface area contributed by atoms with Crippen molar-refractivity contribution in [2.75, 3.05) is 77.6 Å². The molecule has 3 aromatic heterocycles. The number of alkyl halides is 3. The molecule has 0 amide bonds. The SMILES string of the molecule is Cc1c(-c2c(N3CC4(COC4)C3)ncc3snc(OC(Cc4ccccc4OCc4ccnn4CC(F)(F)F)C(=O)O)c23)ccc(OCCN2CCN(C)CC2)c1Cl. The van der Waals surface area contributed by atoms with Gasteiger partial charge in [-0.3, -0.25) is 9.58 Å². The summed E-state index contributed by atoms with van der Waals surface area (Å²) < 4.78 is 69.5. The fourth-order valence-corrected chi connectivity index (χ4v) is 8.55. The summed E-state index contributed by atoms with van der Waals surface area (Å²) in [5.74, 6) is 0.473. The number of aromatic nitrogens is 4. The molecular weight excluding hydrogens is 799 g/mol. The lowest BCUT2D eigenvalue weighted by Crippen LogP contribution is -2.66. The number of carboxylic acids is 1. The van der Waals surface area contributed by atoms with E-state index in [4.69, 9.17) is 35.5 Å². The largest absolute Gasteiger partial charge is 0.491 e. The quantitative estimate of drug-likeness (QED) is 0.129. The third kappa shape index (κ3) is 8.54. The Morgan fingerprint density at radius 1 is 1.07 bits per heavy atom. The van der Waals surface area contributed by atoms with Crippen molar-refractivity contribution in [3.8, 4) is 28.5 Å². The molecule has 3 aliphatic rings. The van der Waals surface area contributed by atoms with Crippen LogP contribution >= 0.6 is 23.1 Å². The van der Waals surface area contributed by atoms with Gasteiger partial charge in [0.15, 0.2) is 0 Å². The van der Waals surface area contributed by atoms with Gasteiger partial charge in [-0.15, -0.1) is 0 Å². The van der Waals surface area contributed by atoms with E-state index in [1.807, 2.05) is 19.1 Å². The third-order valence-electron chi connectivity index (χ3n) is 10.9. The molecule has 0 radical (unpaired) electrons. The van der Waals surface area contributed by atoms with Crippen LogP contribution in [0.3, 0.4) is 0 Å². The van der Waals surface area contributed by atoms with Crippen molar-refractivity contribution < 1.29 is 42.0 Å². The summed E-state index contributed by atoms with van der Waals surface area (Å²) in [6.07, 6.45) is -2.99. The summed E-state index contributed by atoms with van der Waals surface area (Å²) >= 11 is 8.20. The number of rotatable bonds is 15. The Morgan fingerprint density at radius 3 is 2.57 bits per heavy atom. The number of hydrogen-bond acceptors (Lipinski definition) is 12. The Balaban J connectivity index is 1.07. The Bertz CT molecular complexity index is 2270. The number of likely N-dealkylation sites (N-methyl/N-ethyl adjacent to an activating group) is 1. The zero-order chi connectivity index (χ0) is 40.6. The lowest BCUT2D eigenvalue weighted by atomic mass is 9.77. The van der Waals surface area contributed by atoms with Crippen LogP contribution in [0.4, 0.5) is 19.0 Å². The lowest BCUT2D eigenvalue weighted by Gasteiger charge is -2.55. The number of carbonyl (C=O) groups is 1. The van der Waals surface area contributed by atoms with Crippen LogP contribution < -0.4 is 19.1 Å². The van der Waals surface area contributed by atoms with Crippen LogP contribution in [0.1, 0.15) is 16.8 Å². The highest BCUT2D eigenvalue weighted by Gasteiger charge is 2.50. The van der Waals surface area contributed by atoms with Crippen molar-refractivity contribution in [1.29, 1.82) is 0 Å². The highest BCUT2D eigenvalue weighted by molar-refractivity contribution is 7.13. The first-order valence-corrected chi connectivity index (χ1v) is 20.1. The van der Waals surface area contributed by atoms with Gasteiger partial charge in [-0.2, -0.15) is 22.6 Å². The van der Waals surface area contributed by atoms with Crippen molar-refractivity contribution in [3.05, 3.63) is 76.7 Å². The number of halogens is 4. The van der Waals surface area contributed by atoms with Gasteiger partial charge in [0, 0.05) is 70.2 Å². The van der Waals surface area contributed by atoms with Gasteiger partial charge in [-0.25, -0.2) is 9.78 Å². The molecule has 1 spiro atoms. The van der Waals surface area contributed by atoms with Crippen LogP contribution in [-0.4, -0.2) is 125 Å². The Labute approximate surface area is 342 Å². The molecule has 8 rings (SSSR count). The molecule has 3 saturated heterocycles. The average molecular weight is 842 g/mol. The molecule has 0 aliphatic carbocycles. The maximum atomic E-state index is 13.1. The number of nitrogens with zero attached hydrogens (tertiary/aromatic N) is 7. The van der Waals surface area contributed by atoms with Gasteiger partial charge in [0.2, 0.25) is 12.0 Å². The van der Waals surface area contributed by atoms with E-state index in [0.717, 1.165) is 78.7 Å². The second-order valence-electron chi connectivity index (χ2n) is 15.2. The van der Waals surface area contributed by atoms with E-state index in [2.05, 4.69) is 31.2 Å². The predicted octanol–water partition coefficient (Wildman–Crippen LogP) is 6.20. The van der Waals surface area contributed by atoms with Gasteiger partial charge >= 0.3 is 12.1 Å². The molecule has 3 fully saturated rings. The van der Waals surface area contributed by atoms with Crippen molar-refractivity contribution in [2.45, 2.75) is 38.8 Å². The van der Waals surface area contributed by atoms with Gasteiger partial charge < -0.3 is 33.9 Å². The molecule has 58 heavy (non-hydrogen) atoms. The molecule has 0 bridgehead atoms. The monoisotopic (exact) mass is 841 g/mol. The summed E-state index contributed by atoms with van der Waals surface area (Å²) in [5.41, 5.74) is 3.06. The van der Waals surface area contributed by atoms with Gasteiger partial charge in [-0.05, 0) is 60.4 Å². The molecule has 6 heterocycles. The van der Waals surface area contributed by atoms with Crippen molar-refractivity contribution >= 4 is 45.0 Å². The minimum absolute atomic E-state index is 0.0795. The Hall–Kier alpha value is -4.68. The average Bonchev–Trinajstić information content (AvgIpc) is 3.78. The van der Waals surface area contributed by atoms with Crippen molar-refractivity contribution in [1.82, 2.24) is 28.9 Å². The van der Waals surface area contributed by atoms with Gasteiger partial charge in [-0.1, -0.05) is 35.9 Å². The Kier molecular flexibility index (Phi) is 11.4. The van der Waals surface area contributed by atoms with Crippen LogP contribution in [0, 0.1) is 12.3 Å². The minimum atomic E-state index is -4.46. The highest BCUT2D eigenvalue weighted by atomic mass is 35.5. The van der Waals surface area contributed by atoms with E-state index in [0.29, 0.717) is 57.8 Å². The highest BCUT2D eigenvalue weighted by Crippen LogP contribution is 2.49. The molecule has 5 aromatic rings. The number of hydrogen-bond donors (Lipinski definition) is 1. The molecule has 18 heteroatoms. The molecule has 2 aromatic carbocycles. The molecule has 0 saturated carbocycles. The second kappa shape index (κ2) is 16.5. The van der Waals surface area contributed by atoms with Gasteiger partial charge in [0.1, 0.15) is 37.1 Å². The molecule has 1 N–H and O–H groups in total. The standard InChI is InChI=1S/C40H43ClF3N7O6S/c1-25-28(7-8-30(35(25)41)55-16-15-49-13-11-48(2)12-14-49)33-34-32(18-45-36(33)50-20-39(21-50)23-54-24-39)58-47-37(34)57-31(38(52)53)17-26-5-3-4-6-29(26)56-19-27-9-10-46-51(27)22-40(42,43)44/h3-10,18,31H,11-17,19-24H2,1-2H3,(H,52,53). The van der Waals surface area contributed by atoms with E-state index in [1.54, 1.807) is 30.5 Å². The van der Waals surface area contributed by atoms with E-state index < -0.39 is 24.8 Å². The van der Waals surface area contributed by atoms with Crippen LogP contribution in [0.2, 0.25) is 5.02 Å². The second-order valence-corrected chi connectivity index (χ2v) is 16.4. The number of ether oxygens (including phenoxy) is 4. The molecule has 3 aliphatic heterocycles. The number of para-hydroxylation sites is 1. The fraction of sp³-hybridized carbons (Fsp3) is 0.450. The van der Waals surface area contributed by atoms with E-state index >= 15 is 0 Å². The number of carboxylic acid groups (broad SMARTS) is 1. The van der Waals surface area contributed by atoms with Crippen LogP contribution in [-0.2, 0) is 29.1 Å². The predicted molar refractivity (Wildman–Crippen MR) is 212 cm³/mol. The van der Waals surface area contributed by atoms with Gasteiger partial charge in [0.25, 0.3) is 0 Å². The van der Waals surface area contributed by atoms with E-state index in [-0.39, 0.29) is 30.0 Å². The van der Waals surface area contributed by atoms with Crippen LogP contribution in [0.25, 0.3) is 21.2 Å². The molecule has 1 atom stereocenters. The molecule has 308 valence electrons. The maximum absolute atomic E-state index is 13.1. The molecular formula is C40H43ClF3N7O6S. The first-order valence-electron chi connectivity index (χ1n) is 19.0. The van der Waals surface area contributed by atoms with Gasteiger partial charge in [0.05, 0.1) is 39.4 Å². The topological polar surface area (TPSA) is 128 Å². The molecule has 1 unspecified atom stereocenters. The number of pyridine rings is 1. The molecule has 13 nitrogen and oxygen atoms in total. The third-order valence-corrected chi connectivity index (χ3v) is 12.2. The van der Waals surface area contributed by atoms with Crippen molar-refractivity contribution in [2.24, 2.45) is 5.41 Å². The first kappa shape index (κ1) is 40.1. The zero-order valence-electron chi connectivity index (χ0n) is 32.0. The summed E-state index contributed by atoms with van der Waals surface area (Å²) in [7, 11) is 2.13. The zero-order valence-corrected chi connectivity index (χ0v) is 33.6. The fourth-order valence-electron chi connectivity index (χ4n) is 7.64. The number of benzene rings is 2. The normalized spacial score (nSPS) is 17.6. The summed E-state index contributed by atoms with van der Waals surface area (Å²) in [5, 5.41) is 15.3. The number of piperazine rings is 1. The number of anilines is 1. The Morgan fingerprint density at radius 2 is 1.84 bits per heavy atom. The van der Waals surface area contributed by atoms with E-state index in [9.17, 15) is 23.1 Å². The summed E-state index contributed by atoms with van der Waals surface area (Å²) in [4.78, 5) is 24.7.